The summed E-state index contributed by atoms with van der Waals surface area (Å²) in [6, 6.07) is 0. The molecule has 3 aliphatic rings. The molecule has 0 bridgehead atoms. The zero-order valence-electron chi connectivity index (χ0n) is 13.3. The van der Waals surface area contributed by atoms with E-state index in [1.165, 1.54) is 6.42 Å². The van der Waals surface area contributed by atoms with Crippen LogP contribution in [0.5, 0.6) is 0 Å². The Morgan fingerprint density at radius 1 is 1.29 bits per heavy atom. The minimum Gasteiger partial charge on any atom is -0.385 e. The minimum absolute atomic E-state index is 0.0487. The van der Waals surface area contributed by atoms with Gasteiger partial charge in [-0.1, -0.05) is 6.42 Å². The Morgan fingerprint density at radius 2 is 2.05 bits per heavy atom. The summed E-state index contributed by atoms with van der Waals surface area (Å²) in [4.78, 5) is 14.4. The molecule has 2 aliphatic heterocycles. The number of methoxy groups -OCH3 is 1. The highest BCUT2D eigenvalue weighted by molar-refractivity contribution is 5.79. The van der Waals surface area contributed by atoms with Gasteiger partial charge in [0.25, 0.3) is 0 Å². The number of hydrogen-bond donors (Lipinski definition) is 0. The number of carbonyl (C=O) groups is 1. The molecule has 2 saturated heterocycles. The summed E-state index contributed by atoms with van der Waals surface area (Å²) < 4.78 is 11.4. The maximum absolute atomic E-state index is 12.3. The number of carbonyl (C=O) groups excluding carboxylic acids is 1. The van der Waals surface area contributed by atoms with E-state index in [2.05, 4.69) is 4.90 Å². The average Bonchev–Trinajstić information content (AvgIpc) is 2.44. The van der Waals surface area contributed by atoms with Crippen molar-refractivity contribution in [2.45, 2.75) is 57.0 Å². The summed E-state index contributed by atoms with van der Waals surface area (Å²) in [6.45, 7) is 3.52. The molecule has 0 radical (unpaired) electrons. The van der Waals surface area contributed by atoms with Crippen LogP contribution in [0.3, 0.4) is 0 Å². The van der Waals surface area contributed by atoms with E-state index >= 15 is 0 Å². The van der Waals surface area contributed by atoms with Gasteiger partial charge in [0, 0.05) is 39.3 Å². The first kappa shape index (κ1) is 15.3. The van der Waals surface area contributed by atoms with E-state index in [1.807, 2.05) is 0 Å². The Bertz CT molecular complexity index is 359. The van der Waals surface area contributed by atoms with E-state index in [9.17, 15) is 4.79 Å². The largest absolute Gasteiger partial charge is 0.385 e. The Balaban J connectivity index is 1.50. The van der Waals surface area contributed by atoms with E-state index in [4.69, 9.17) is 9.47 Å². The van der Waals surface area contributed by atoms with E-state index in [0.717, 1.165) is 77.2 Å². The second kappa shape index (κ2) is 6.66. The number of likely N-dealkylation sites (tertiary alicyclic amines) is 1. The molecule has 1 unspecified atom stereocenters. The molecule has 120 valence electrons. The third-order valence-electron chi connectivity index (χ3n) is 5.77. The van der Waals surface area contributed by atoms with Gasteiger partial charge in [0.1, 0.15) is 0 Å². The maximum atomic E-state index is 12.3. The first-order chi connectivity index (χ1) is 10.2. The van der Waals surface area contributed by atoms with Gasteiger partial charge in [-0.15, -0.1) is 0 Å². The van der Waals surface area contributed by atoms with Crippen LogP contribution in [0.15, 0.2) is 0 Å². The van der Waals surface area contributed by atoms with Crippen LogP contribution >= 0.6 is 0 Å². The summed E-state index contributed by atoms with van der Waals surface area (Å²) in [5, 5.41) is 0. The molecule has 0 aromatic carbocycles. The SMILES string of the molecule is COCCC1CCOC2(CCN(C(=O)C3CCC3)CC2)C1. The Labute approximate surface area is 128 Å². The summed E-state index contributed by atoms with van der Waals surface area (Å²) >= 11 is 0. The molecular weight excluding hydrogens is 266 g/mol. The molecule has 4 nitrogen and oxygen atoms in total. The lowest BCUT2D eigenvalue weighted by atomic mass is 9.77. The quantitative estimate of drug-likeness (QED) is 0.800. The van der Waals surface area contributed by atoms with Gasteiger partial charge in [-0.2, -0.15) is 0 Å². The molecule has 1 aliphatic carbocycles. The number of ether oxygens (including phenoxy) is 2. The van der Waals surface area contributed by atoms with Crippen molar-refractivity contribution in [3.05, 3.63) is 0 Å². The summed E-state index contributed by atoms with van der Waals surface area (Å²) in [7, 11) is 1.78. The highest BCUT2D eigenvalue weighted by atomic mass is 16.5. The Hall–Kier alpha value is -0.610. The van der Waals surface area contributed by atoms with Crippen molar-refractivity contribution >= 4 is 5.91 Å². The lowest BCUT2D eigenvalue weighted by Crippen LogP contribution is -2.52. The molecule has 1 saturated carbocycles. The lowest BCUT2D eigenvalue weighted by molar-refractivity contribution is -0.152. The molecule has 1 atom stereocenters. The van der Waals surface area contributed by atoms with Gasteiger partial charge < -0.3 is 14.4 Å². The second-order valence-corrected chi connectivity index (χ2v) is 7.12. The fourth-order valence-electron chi connectivity index (χ4n) is 4.06. The normalized spacial score (nSPS) is 29.4. The van der Waals surface area contributed by atoms with Crippen molar-refractivity contribution in [3.8, 4) is 0 Å². The molecule has 21 heavy (non-hydrogen) atoms. The van der Waals surface area contributed by atoms with E-state index in [0.29, 0.717) is 11.8 Å². The lowest BCUT2D eigenvalue weighted by Gasteiger charge is -2.47. The number of nitrogens with zero attached hydrogens (tertiary/aromatic N) is 1. The summed E-state index contributed by atoms with van der Waals surface area (Å²) in [5.41, 5.74) is 0.0487. The first-order valence-corrected chi connectivity index (χ1v) is 8.64. The van der Waals surface area contributed by atoms with Crippen LogP contribution in [0.25, 0.3) is 0 Å². The Kier molecular flexibility index (Phi) is 4.85. The zero-order valence-corrected chi connectivity index (χ0v) is 13.3. The van der Waals surface area contributed by atoms with Gasteiger partial charge in [-0.3, -0.25) is 4.79 Å². The minimum atomic E-state index is 0.0487. The van der Waals surface area contributed by atoms with Crippen LogP contribution < -0.4 is 0 Å². The van der Waals surface area contributed by atoms with Crippen molar-refractivity contribution in [2.75, 3.05) is 33.4 Å². The molecule has 1 amide bonds. The van der Waals surface area contributed by atoms with Crippen LogP contribution in [0.2, 0.25) is 0 Å². The molecule has 0 aromatic rings. The van der Waals surface area contributed by atoms with Gasteiger partial charge in [0.15, 0.2) is 0 Å². The monoisotopic (exact) mass is 295 g/mol. The number of hydrogen-bond acceptors (Lipinski definition) is 3. The van der Waals surface area contributed by atoms with Crippen molar-refractivity contribution in [2.24, 2.45) is 11.8 Å². The molecule has 4 heteroatoms. The summed E-state index contributed by atoms with van der Waals surface area (Å²) in [5.74, 6) is 1.47. The van der Waals surface area contributed by atoms with Crippen LogP contribution in [0, 0.1) is 11.8 Å². The van der Waals surface area contributed by atoms with Crippen molar-refractivity contribution in [1.82, 2.24) is 4.90 Å². The molecule has 0 N–H and O–H groups in total. The van der Waals surface area contributed by atoms with Gasteiger partial charge in [-0.25, -0.2) is 0 Å². The average molecular weight is 295 g/mol. The third kappa shape index (κ3) is 3.42. The van der Waals surface area contributed by atoms with Crippen LogP contribution in [0.1, 0.15) is 51.4 Å². The van der Waals surface area contributed by atoms with Gasteiger partial charge in [-0.05, 0) is 50.9 Å². The predicted molar refractivity (Wildman–Crippen MR) is 81.1 cm³/mol. The number of amides is 1. The fourth-order valence-corrected chi connectivity index (χ4v) is 4.06. The van der Waals surface area contributed by atoms with Gasteiger partial charge >= 0.3 is 0 Å². The number of rotatable bonds is 4. The highest BCUT2D eigenvalue weighted by Gasteiger charge is 2.42. The highest BCUT2D eigenvalue weighted by Crippen LogP contribution is 2.39. The Morgan fingerprint density at radius 3 is 2.67 bits per heavy atom. The standard InChI is InChI=1S/C17H29NO3/c1-20-11-5-14-6-12-21-17(13-14)7-9-18(10-8-17)16(19)15-3-2-4-15/h14-15H,2-13H2,1H3. The molecular formula is C17H29NO3. The fraction of sp³-hybridized carbons (Fsp3) is 0.941. The van der Waals surface area contributed by atoms with Crippen molar-refractivity contribution in [1.29, 1.82) is 0 Å². The van der Waals surface area contributed by atoms with Gasteiger partial charge in [0.05, 0.1) is 5.60 Å². The molecule has 2 heterocycles. The molecule has 3 fully saturated rings. The number of piperidine rings is 1. The maximum Gasteiger partial charge on any atom is 0.225 e. The topological polar surface area (TPSA) is 38.8 Å². The van der Waals surface area contributed by atoms with E-state index in [1.54, 1.807) is 7.11 Å². The second-order valence-electron chi connectivity index (χ2n) is 7.12. The van der Waals surface area contributed by atoms with Gasteiger partial charge in [0.2, 0.25) is 5.91 Å². The first-order valence-electron chi connectivity index (χ1n) is 8.64. The van der Waals surface area contributed by atoms with E-state index < -0.39 is 0 Å². The van der Waals surface area contributed by atoms with Crippen LogP contribution in [0.4, 0.5) is 0 Å². The smallest absolute Gasteiger partial charge is 0.225 e. The van der Waals surface area contributed by atoms with E-state index in [-0.39, 0.29) is 5.60 Å². The van der Waals surface area contributed by atoms with Crippen LogP contribution in [-0.4, -0.2) is 49.8 Å². The molecule has 3 rings (SSSR count). The third-order valence-corrected chi connectivity index (χ3v) is 5.77. The molecule has 0 aromatic heterocycles. The summed E-state index contributed by atoms with van der Waals surface area (Å²) in [6.07, 6.45) is 8.96. The van der Waals surface area contributed by atoms with Crippen molar-refractivity contribution < 1.29 is 14.3 Å². The zero-order chi connectivity index (χ0) is 14.7. The van der Waals surface area contributed by atoms with Crippen molar-refractivity contribution in [3.63, 3.8) is 0 Å². The predicted octanol–water partition coefficient (Wildman–Crippen LogP) is 2.61. The molecule has 1 spiro atoms. The van der Waals surface area contributed by atoms with Crippen LogP contribution in [-0.2, 0) is 14.3 Å².